The first-order chi connectivity index (χ1) is 25.5. The third-order valence-corrected chi connectivity index (χ3v) is 8.99. The molecule has 0 aliphatic heterocycles. The molecule has 4 aromatic carbocycles. The molecule has 4 aromatic heterocycles. The molecule has 4 heterocycles. The van der Waals surface area contributed by atoms with Crippen LogP contribution in [-0.2, 0) is 53.0 Å². The summed E-state index contributed by atoms with van der Waals surface area (Å²) in [6.07, 6.45) is 6.61. The van der Waals surface area contributed by atoms with Crippen molar-refractivity contribution < 1.29 is 51.6 Å². The average Bonchev–Trinajstić information content (AvgIpc) is 3.47. The summed E-state index contributed by atoms with van der Waals surface area (Å²) >= 11 is 0. The predicted molar refractivity (Wildman–Crippen MR) is 206 cm³/mol. The number of fused-ring (bicyclic) bond motifs is 3. The number of rotatable bonds is 7. The first-order valence-electron chi connectivity index (χ1n) is 17.4. The van der Waals surface area contributed by atoms with Gasteiger partial charge in [0.25, 0.3) is 0 Å². The third kappa shape index (κ3) is 8.46. The zero-order valence-electron chi connectivity index (χ0n) is 31.0. The van der Waals surface area contributed by atoms with Crippen molar-refractivity contribution in [1.29, 1.82) is 0 Å². The van der Waals surface area contributed by atoms with E-state index in [1.54, 1.807) is 0 Å². The van der Waals surface area contributed by atoms with Crippen molar-refractivity contribution in [2.24, 2.45) is 0 Å². The molecule has 0 N–H and O–H groups in total. The summed E-state index contributed by atoms with van der Waals surface area (Å²) in [6, 6.07) is 41.4. The van der Waals surface area contributed by atoms with Crippen LogP contribution in [0.2, 0.25) is 0 Å². The number of ether oxygens (including phenoxy) is 2. The van der Waals surface area contributed by atoms with Crippen LogP contribution in [0, 0.1) is 24.3 Å². The van der Waals surface area contributed by atoms with E-state index in [4.69, 9.17) is 9.47 Å². The number of pyridine rings is 2. The molecular weight excluding hydrogens is 1050 g/mol. The van der Waals surface area contributed by atoms with E-state index in [0.29, 0.717) is 40.0 Å². The van der Waals surface area contributed by atoms with E-state index >= 15 is 0 Å². The van der Waals surface area contributed by atoms with Crippen molar-refractivity contribution in [3.8, 4) is 51.5 Å². The smallest absolute Gasteiger partial charge is 0.503 e. The van der Waals surface area contributed by atoms with Crippen LogP contribution in [0.4, 0.5) is 0 Å². The zero-order valence-corrected chi connectivity index (χ0v) is 35.6. The number of hydrogen-bond donors (Lipinski definition) is 0. The summed E-state index contributed by atoms with van der Waals surface area (Å²) < 4.78 is 14.6. The van der Waals surface area contributed by atoms with E-state index in [1.165, 1.54) is 23.8 Å². The van der Waals surface area contributed by atoms with Gasteiger partial charge in [-0.2, -0.15) is 22.9 Å². The van der Waals surface area contributed by atoms with E-state index in [0.717, 1.165) is 33.3 Å². The molecule has 0 saturated heterocycles. The molecule has 0 saturated carbocycles. The van der Waals surface area contributed by atoms with Gasteiger partial charge in [0.05, 0.1) is 0 Å². The summed E-state index contributed by atoms with van der Waals surface area (Å²) in [5.41, 5.74) is 7.17. The number of hydrogen-bond acceptors (Lipinski definition) is 7. The number of benzene rings is 4. The number of aromatic nitrogens is 6. The van der Waals surface area contributed by atoms with Crippen LogP contribution in [0.5, 0.6) is 23.0 Å². The van der Waals surface area contributed by atoms with Crippen molar-refractivity contribution >= 4 is 21.8 Å². The molecule has 8 nitrogen and oxygen atoms in total. The Balaban J connectivity index is 0.00000257. The Morgan fingerprint density at radius 2 is 0.945 bits per heavy atom. The molecule has 278 valence electrons. The maximum absolute atomic E-state index is 6.36. The maximum atomic E-state index is 6.36. The van der Waals surface area contributed by atoms with E-state index < -0.39 is 0 Å². The fraction of sp³-hybridized carbons (Fsp3) is 0.178. The summed E-state index contributed by atoms with van der Waals surface area (Å²) in [4.78, 5) is 22.2. The van der Waals surface area contributed by atoms with Gasteiger partial charge in [0.15, 0.2) is 0 Å². The molecule has 55 heavy (non-hydrogen) atoms. The molecular formula is C45H36N6O2Pt2. The van der Waals surface area contributed by atoms with Gasteiger partial charge >= 0.3 is 42.1 Å². The summed E-state index contributed by atoms with van der Waals surface area (Å²) in [5, 5.41) is 1.85. The Bertz CT molecular complexity index is 2450. The summed E-state index contributed by atoms with van der Waals surface area (Å²) in [6.45, 7) is 13.1. The molecule has 0 atom stereocenters. The standard InChI is InChI=1S/C45H36N6O2.2Pt/c1-44(2,3)31-17-19-47-39(23-31)29-9-7-11-33(21-29)52-35-13-15-37-38-16-14-36(26-42(38)51(41(37)25-35)43-49-27-46-28-50-43)53-34-12-8-10-30(22-34)40-24-32(18-20-48-40)45(4,5)6;;/h7-20,23-24,27-28H,1-6H3;;/q-4;2*+2. The molecule has 0 aliphatic rings. The van der Waals surface area contributed by atoms with Gasteiger partial charge < -0.3 is 24.0 Å². The van der Waals surface area contributed by atoms with E-state index in [-0.39, 0.29) is 53.0 Å². The van der Waals surface area contributed by atoms with Crippen LogP contribution in [0.15, 0.2) is 110 Å². The molecule has 0 fully saturated rings. The molecule has 10 heteroatoms. The number of nitrogens with zero attached hydrogens (tertiary/aromatic N) is 6. The Labute approximate surface area is 350 Å². The van der Waals surface area contributed by atoms with Gasteiger partial charge in [0, 0.05) is 35.4 Å². The fourth-order valence-electron chi connectivity index (χ4n) is 6.13. The van der Waals surface area contributed by atoms with Gasteiger partial charge in [0.2, 0.25) is 5.95 Å². The van der Waals surface area contributed by atoms with Gasteiger partial charge in [-0.25, -0.2) is 15.0 Å². The van der Waals surface area contributed by atoms with Crippen molar-refractivity contribution in [3.05, 3.63) is 145 Å². The molecule has 0 amide bonds. The molecule has 0 aliphatic carbocycles. The predicted octanol–water partition coefficient (Wildman–Crippen LogP) is 10.5. The second-order valence-corrected chi connectivity index (χ2v) is 14.9. The Morgan fingerprint density at radius 1 is 0.509 bits per heavy atom. The monoisotopic (exact) mass is 1080 g/mol. The van der Waals surface area contributed by atoms with Crippen LogP contribution in [0.1, 0.15) is 52.7 Å². The first-order valence-corrected chi connectivity index (χ1v) is 17.4. The Kier molecular flexibility index (Phi) is 11.5. The summed E-state index contributed by atoms with van der Waals surface area (Å²) in [7, 11) is 0. The van der Waals surface area contributed by atoms with Crippen molar-refractivity contribution in [1.82, 2.24) is 29.5 Å². The summed E-state index contributed by atoms with van der Waals surface area (Å²) in [5.74, 6) is 2.52. The largest absolute Gasteiger partial charge is 2.00 e. The molecule has 0 spiro atoms. The normalized spacial score (nSPS) is 11.5. The molecule has 8 aromatic rings. The van der Waals surface area contributed by atoms with Crippen LogP contribution in [0.3, 0.4) is 0 Å². The molecule has 0 unspecified atom stereocenters. The average molecular weight is 1080 g/mol. The van der Waals surface area contributed by atoms with Gasteiger partial charge in [-0.15, -0.1) is 71.8 Å². The molecule has 0 radical (unpaired) electrons. The van der Waals surface area contributed by atoms with Gasteiger partial charge in [-0.3, -0.25) is 0 Å². The molecule has 8 rings (SSSR count). The van der Waals surface area contributed by atoms with Crippen LogP contribution in [0.25, 0.3) is 50.3 Å². The van der Waals surface area contributed by atoms with Crippen molar-refractivity contribution in [2.75, 3.05) is 0 Å². The topological polar surface area (TPSA) is 87.8 Å². The maximum Gasteiger partial charge on any atom is 2.00 e. The Hall–Kier alpha value is -5.03. The van der Waals surface area contributed by atoms with Crippen molar-refractivity contribution in [3.63, 3.8) is 0 Å². The fourth-order valence-corrected chi connectivity index (χ4v) is 6.13. The zero-order chi connectivity index (χ0) is 36.7. The van der Waals surface area contributed by atoms with Crippen LogP contribution in [-0.4, -0.2) is 29.5 Å². The van der Waals surface area contributed by atoms with Gasteiger partial charge in [-0.05, 0) is 45.5 Å². The van der Waals surface area contributed by atoms with Gasteiger partial charge in [0.1, 0.15) is 12.7 Å². The Morgan fingerprint density at radius 3 is 1.38 bits per heavy atom. The third-order valence-electron chi connectivity index (χ3n) is 8.99. The van der Waals surface area contributed by atoms with E-state index in [2.05, 4.69) is 103 Å². The first kappa shape index (κ1) is 39.7. The quantitative estimate of drug-likeness (QED) is 0.147. The van der Waals surface area contributed by atoms with Gasteiger partial charge in [-0.1, -0.05) is 76.8 Å². The van der Waals surface area contributed by atoms with E-state index in [1.807, 2.05) is 89.8 Å². The van der Waals surface area contributed by atoms with E-state index in [9.17, 15) is 0 Å². The second kappa shape index (κ2) is 16.0. The minimum atomic E-state index is -0.00215. The SMILES string of the molecule is CC(C)(C)c1ccnc(-c2[c-]c(Oc3[c-]c4c(cc3)c3ccc(Oc5[c-]c(-c6cc(C(C)(C)C)ccn6)ccc5)[c-]c3n4-c3ncncn3)ccc2)c1.[Pt+2].[Pt+2]. The van der Waals surface area contributed by atoms with Crippen molar-refractivity contribution in [2.45, 2.75) is 52.4 Å². The molecule has 0 bridgehead atoms. The van der Waals surface area contributed by atoms with Crippen LogP contribution < -0.4 is 9.47 Å². The minimum Gasteiger partial charge on any atom is -0.503 e. The van der Waals surface area contributed by atoms with Crippen LogP contribution >= 0.6 is 0 Å². The minimum absolute atomic E-state index is 0. The second-order valence-electron chi connectivity index (χ2n) is 14.9.